The van der Waals surface area contributed by atoms with Crippen LogP contribution in [0, 0.1) is 5.41 Å². The van der Waals surface area contributed by atoms with Gasteiger partial charge in [0.05, 0.1) is 6.54 Å². The second kappa shape index (κ2) is 3.80. The number of allylic oxidation sites excluding steroid dienone is 1. The third-order valence-corrected chi connectivity index (χ3v) is 3.99. The second-order valence-electron chi connectivity index (χ2n) is 5.50. The number of hydrogen-bond acceptors (Lipinski definition) is 4. The molecule has 1 atom stereocenters. The molecule has 0 saturated carbocycles. The predicted molar refractivity (Wildman–Crippen MR) is 66.4 cm³/mol. The maximum atomic E-state index is 5.98. The average Bonchev–Trinajstić information content (AvgIpc) is 2.81. The van der Waals surface area contributed by atoms with Crippen molar-refractivity contribution in [2.75, 3.05) is 5.33 Å². The van der Waals surface area contributed by atoms with E-state index in [1.54, 1.807) is 0 Å². The van der Waals surface area contributed by atoms with Crippen molar-refractivity contribution in [1.82, 2.24) is 20.2 Å². The molecule has 1 aromatic rings. The van der Waals surface area contributed by atoms with Gasteiger partial charge in [-0.2, -0.15) is 0 Å². The van der Waals surface area contributed by atoms with Gasteiger partial charge in [0.2, 0.25) is 0 Å². The lowest BCUT2D eigenvalue weighted by atomic mass is 9.88. The standard InChI is InChI=1S/C11H15BrN4O/c1-11(2)4-9-8(3-7(5-12)17-9)10-13-14-15-16(10)6-11/h7H,3-6H2,1-2H3. The molecule has 0 bridgehead atoms. The molecule has 92 valence electrons. The van der Waals surface area contributed by atoms with Crippen LogP contribution < -0.4 is 0 Å². The number of tetrazole rings is 1. The van der Waals surface area contributed by atoms with Gasteiger partial charge in [-0.1, -0.05) is 29.8 Å². The Kier molecular flexibility index (Phi) is 2.50. The lowest BCUT2D eigenvalue weighted by molar-refractivity contribution is 0.133. The topological polar surface area (TPSA) is 52.8 Å². The Morgan fingerprint density at radius 1 is 1.53 bits per heavy atom. The number of halogens is 1. The van der Waals surface area contributed by atoms with Crippen molar-refractivity contribution in [3.63, 3.8) is 0 Å². The quantitative estimate of drug-likeness (QED) is 0.744. The van der Waals surface area contributed by atoms with Crippen LogP contribution in [-0.4, -0.2) is 31.6 Å². The summed E-state index contributed by atoms with van der Waals surface area (Å²) in [7, 11) is 0. The van der Waals surface area contributed by atoms with Gasteiger partial charge >= 0.3 is 0 Å². The highest BCUT2D eigenvalue weighted by atomic mass is 79.9. The zero-order valence-electron chi connectivity index (χ0n) is 9.98. The molecule has 3 heterocycles. The Morgan fingerprint density at radius 3 is 3.12 bits per heavy atom. The number of alkyl halides is 1. The summed E-state index contributed by atoms with van der Waals surface area (Å²) in [5.74, 6) is 1.96. The zero-order valence-corrected chi connectivity index (χ0v) is 11.6. The molecule has 6 heteroatoms. The van der Waals surface area contributed by atoms with Crippen LogP contribution >= 0.6 is 15.9 Å². The second-order valence-corrected chi connectivity index (χ2v) is 6.15. The van der Waals surface area contributed by atoms with E-state index in [-0.39, 0.29) is 11.5 Å². The smallest absolute Gasteiger partial charge is 0.181 e. The van der Waals surface area contributed by atoms with Gasteiger partial charge in [0.1, 0.15) is 11.9 Å². The van der Waals surface area contributed by atoms with Crippen molar-refractivity contribution in [3.05, 3.63) is 11.6 Å². The zero-order chi connectivity index (χ0) is 12.0. The Morgan fingerprint density at radius 2 is 2.35 bits per heavy atom. The normalized spacial score (nSPS) is 26.2. The van der Waals surface area contributed by atoms with Crippen molar-refractivity contribution in [3.8, 4) is 0 Å². The molecule has 0 fully saturated rings. The summed E-state index contributed by atoms with van der Waals surface area (Å²) >= 11 is 3.48. The molecule has 0 N–H and O–H groups in total. The first-order valence-corrected chi connectivity index (χ1v) is 6.92. The lowest BCUT2D eigenvalue weighted by Crippen LogP contribution is -2.22. The van der Waals surface area contributed by atoms with E-state index in [4.69, 9.17) is 4.74 Å². The molecule has 1 aromatic heterocycles. The summed E-state index contributed by atoms with van der Waals surface area (Å²) in [6.45, 7) is 5.28. The molecule has 17 heavy (non-hydrogen) atoms. The van der Waals surface area contributed by atoms with Gasteiger partial charge in [-0.05, 0) is 15.8 Å². The first kappa shape index (κ1) is 11.2. The minimum absolute atomic E-state index is 0.127. The van der Waals surface area contributed by atoms with Crippen LogP contribution in [0.5, 0.6) is 0 Å². The van der Waals surface area contributed by atoms with Gasteiger partial charge in [-0.25, -0.2) is 4.68 Å². The molecule has 0 spiro atoms. The highest BCUT2D eigenvalue weighted by molar-refractivity contribution is 9.09. The number of ether oxygens (including phenoxy) is 1. The SMILES string of the molecule is CC1(C)CC2=C(CC(CBr)O2)c2nnnn2C1. The van der Waals surface area contributed by atoms with Crippen molar-refractivity contribution in [1.29, 1.82) is 0 Å². The molecule has 0 radical (unpaired) electrons. The first-order chi connectivity index (χ1) is 8.09. The van der Waals surface area contributed by atoms with Crippen LogP contribution in [0.4, 0.5) is 0 Å². The van der Waals surface area contributed by atoms with E-state index in [1.807, 2.05) is 4.68 Å². The molecular formula is C11H15BrN4O. The number of rotatable bonds is 1. The maximum absolute atomic E-state index is 5.98. The fraction of sp³-hybridized carbons (Fsp3) is 0.727. The van der Waals surface area contributed by atoms with Crippen molar-refractivity contribution in [2.24, 2.45) is 5.41 Å². The number of hydrogen-bond donors (Lipinski definition) is 0. The highest BCUT2D eigenvalue weighted by Gasteiger charge is 2.36. The van der Waals surface area contributed by atoms with E-state index < -0.39 is 0 Å². The van der Waals surface area contributed by atoms with Gasteiger partial charge < -0.3 is 4.74 Å². The summed E-state index contributed by atoms with van der Waals surface area (Å²) in [5, 5.41) is 12.9. The summed E-state index contributed by atoms with van der Waals surface area (Å²) < 4.78 is 7.89. The van der Waals surface area contributed by atoms with Crippen LogP contribution in [0.2, 0.25) is 0 Å². The fourth-order valence-electron chi connectivity index (χ4n) is 2.53. The monoisotopic (exact) mass is 298 g/mol. The van der Waals surface area contributed by atoms with Crippen LogP contribution in [0.15, 0.2) is 5.76 Å². The summed E-state index contributed by atoms with van der Waals surface area (Å²) in [5.41, 5.74) is 1.31. The third kappa shape index (κ3) is 1.88. The van der Waals surface area contributed by atoms with Crippen LogP contribution in [-0.2, 0) is 11.3 Å². The average molecular weight is 299 g/mol. The molecule has 3 rings (SSSR count). The summed E-state index contributed by atoms with van der Waals surface area (Å²) in [6, 6.07) is 0. The van der Waals surface area contributed by atoms with Crippen molar-refractivity contribution < 1.29 is 4.74 Å². The van der Waals surface area contributed by atoms with Gasteiger partial charge in [0.25, 0.3) is 0 Å². The molecule has 0 aliphatic carbocycles. The number of nitrogens with zero attached hydrogens (tertiary/aromatic N) is 4. The van der Waals surface area contributed by atoms with E-state index in [1.165, 1.54) is 5.57 Å². The summed E-state index contributed by atoms with van der Waals surface area (Å²) in [4.78, 5) is 0. The van der Waals surface area contributed by atoms with Crippen LogP contribution in [0.1, 0.15) is 32.5 Å². The Hall–Kier alpha value is -0.910. The number of fused-ring (bicyclic) bond motifs is 2. The Balaban J connectivity index is 2.05. The predicted octanol–water partition coefficient (Wildman–Crippen LogP) is 2.00. The fourth-order valence-corrected chi connectivity index (χ4v) is 2.89. The molecule has 2 aliphatic rings. The molecule has 1 unspecified atom stereocenters. The minimum Gasteiger partial charge on any atom is -0.493 e. The largest absolute Gasteiger partial charge is 0.493 e. The molecule has 2 aliphatic heterocycles. The Bertz CT molecular complexity index is 480. The first-order valence-electron chi connectivity index (χ1n) is 5.80. The van der Waals surface area contributed by atoms with E-state index in [2.05, 4.69) is 45.3 Å². The molecule has 0 aromatic carbocycles. The van der Waals surface area contributed by atoms with Crippen LogP contribution in [0.25, 0.3) is 5.57 Å². The van der Waals surface area contributed by atoms with Gasteiger partial charge in [0.15, 0.2) is 5.82 Å². The van der Waals surface area contributed by atoms with E-state index in [0.717, 1.165) is 36.3 Å². The van der Waals surface area contributed by atoms with E-state index in [9.17, 15) is 0 Å². The third-order valence-electron chi connectivity index (χ3n) is 3.27. The molecule has 0 saturated heterocycles. The van der Waals surface area contributed by atoms with Crippen LogP contribution in [0.3, 0.4) is 0 Å². The van der Waals surface area contributed by atoms with Gasteiger partial charge in [0, 0.05) is 23.7 Å². The van der Waals surface area contributed by atoms with Crippen molar-refractivity contribution >= 4 is 21.5 Å². The summed E-state index contributed by atoms with van der Waals surface area (Å²) in [6.07, 6.45) is 2.06. The highest BCUT2D eigenvalue weighted by Crippen LogP contribution is 2.42. The van der Waals surface area contributed by atoms with Gasteiger partial charge in [-0.3, -0.25) is 0 Å². The number of aromatic nitrogens is 4. The van der Waals surface area contributed by atoms with E-state index in [0.29, 0.717) is 0 Å². The lowest BCUT2D eigenvalue weighted by Gasteiger charge is -2.23. The maximum Gasteiger partial charge on any atom is 0.181 e. The van der Waals surface area contributed by atoms with Crippen molar-refractivity contribution in [2.45, 2.75) is 39.3 Å². The van der Waals surface area contributed by atoms with E-state index >= 15 is 0 Å². The van der Waals surface area contributed by atoms with Gasteiger partial charge in [-0.15, -0.1) is 5.10 Å². The molecule has 0 amide bonds. The Labute approximate surface area is 108 Å². The minimum atomic E-state index is 0.127. The molecule has 5 nitrogen and oxygen atoms in total. The molecular weight excluding hydrogens is 284 g/mol.